The van der Waals surface area contributed by atoms with Gasteiger partial charge in [-0.05, 0) is 53.0 Å². The number of nitrogens with two attached hydrogens (primary N) is 1. The Balaban J connectivity index is 1.70. The summed E-state index contributed by atoms with van der Waals surface area (Å²) in [5, 5.41) is 0. The summed E-state index contributed by atoms with van der Waals surface area (Å²) in [6, 6.07) is 8.62. The second-order valence-electron chi connectivity index (χ2n) is 6.32. The summed E-state index contributed by atoms with van der Waals surface area (Å²) < 4.78 is 6.25. The number of fused-ring (bicyclic) bond motifs is 1. The molecule has 4 rings (SSSR count). The monoisotopic (exact) mass is 401 g/mol. The average molecular weight is 402 g/mol. The molecule has 0 bridgehead atoms. The van der Waals surface area contributed by atoms with Gasteiger partial charge in [0, 0.05) is 35.5 Å². The molecule has 6 nitrogen and oxygen atoms in total. The van der Waals surface area contributed by atoms with Gasteiger partial charge >= 0.3 is 0 Å². The first-order chi connectivity index (χ1) is 12.1. The van der Waals surface area contributed by atoms with Crippen LogP contribution in [-0.4, -0.2) is 41.2 Å². The third-order valence-corrected chi connectivity index (χ3v) is 5.07. The largest absolute Gasteiger partial charge is 0.480 e. The van der Waals surface area contributed by atoms with Crippen LogP contribution in [0.4, 0.5) is 5.69 Å². The maximum absolute atomic E-state index is 6.01. The molecule has 0 amide bonds. The van der Waals surface area contributed by atoms with Gasteiger partial charge in [0.15, 0.2) is 0 Å². The van der Waals surface area contributed by atoms with E-state index in [4.69, 9.17) is 15.5 Å². The van der Waals surface area contributed by atoms with Gasteiger partial charge in [-0.3, -0.25) is 0 Å². The third kappa shape index (κ3) is 3.21. The van der Waals surface area contributed by atoms with Crippen LogP contribution in [0, 0.1) is 0 Å². The summed E-state index contributed by atoms with van der Waals surface area (Å²) in [5.41, 5.74) is 9.96. The molecule has 7 heteroatoms. The van der Waals surface area contributed by atoms with E-state index in [9.17, 15) is 0 Å². The molecule has 0 unspecified atom stereocenters. The van der Waals surface area contributed by atoms with Gasteiger partial charge in [0.05, 0.1) is 23.7 Å². The van der Waals surface area contributed by atoms with E-state index in [1.807, 2.05) is 6.07 Å². The molecule has 0 saturated carbocycles. The first-order valence-electron chi connectivity index (χ1n) is 8.34. The topological polar surface area (TPSA) is 80.1 Å². The van der Waals surface area contributed by atoms with Crippen molar-refractivity contribution < 1.29 is 4.74 Å². The lowest BCUT2D eigenvalue weighted by Crippen LogP contribution is -2.39. The van der Waals surface area contributed by atoms with Crippen molar-refractivity contribution in [3.05, 3.63) is 34.9 Å². The van der Waals surface area contributed by atoms with Gasteiger partial charge in [0.25, 0.3) is 0 Å². The van der Waals surface area contributed by atoms with E-state index in [0.717, 1.165) is 52.8 Å². The fourth-order valence-corrected chi connectivity index (χ4v) is 3.57. The number of nitrogens with one attached hydrogen (secondary N) is 1. The number of rotatable bonds is 3. The number of hydrogen-bond acceptors (Lipinski definition) is 5. The molecule has 0 radical (unpaired) electrons. The van der Waals surface area contributed by atoms with E-state index >= 15 is 0 Å². The number of benzene rings is 1. The van der Waals surface area contributed by atoms with Gasteiger partial charge in [-0.2, -0.15) is 0 Å². The van der Waals surface area contributed by atoms with Gasteiger partial charge in [-0.15, -0.1) is 0 Å². The molecule has 1 aliphatic heterocycles. The van der Waals surface area contributed by atoms with E-state index in [1.54, 1.807) is 13.3 Å². The minimum Gasteiger partial charge on any atom is -0.480 e. The Labute approximate surface area is 154 Å². The number of imidazole rings is 1. The van der Waals surface area contributed by atoms with Crippen molar-refractivity contribution >= 4 is 32.7 Å². The number of piperidine rings is 1. The van der Waals surface area contributed by atoms with Crippen LogP contribution >= 0.6 is 15.9 Å². The lowest BCUT2D eigenvalue weighted by atomic mass is 10.1. The standard InChI is InChI=1S/C18H20BrN5O/c1-25-18-14(8-11(19)10-21-18)17-22-15-3-2-13(9-16(15)23-17)24-6-4-12(20)5-7-24/h2-3,8-10,12H,4-7,20H2,1H3,(H,22,23). The van der Waals surface area contributed by atoms with Crippen LogP contribution in [0.15, 0.2) is 34.9 Å². The number of hydrogen-bond donors (Lipinski definition) is 2. The van der Waals surface area contributed by atoms with Crippen molar-refractivity contribution in [2.24, 2.45) is 5.73 Å². The Kier molecular flexibility index (Phi) is 4.35. The van der Waals surface area contributed by atoms with Gasteiger partial charge < -0.3 is 20.4 Å². The molecule has 1 fully saturated rings. The van der Waals surface area contributed by atoms with Crippen molar-refractivity contribution in [2.75, 3.05) is 25.1 Å². The molecule has 0 spiro atoms. The van der Waals surface area contributed by atoms with Crippen LogP contribution in [-0.2, 0) is 0 Å². The smallest absolute Gasteiger partial charge is 0.224 e. The Morgan fingerprint density at radius 2 is 2.08 bits per heavy atom. The Morgan fingerprint density at radius 3 is 2.84 bits per heavy atom. The number of nitrogens with zero attached hydrogens (tertiary/aromatic N) is 3. The van der Waals surface area contributed by atoms with Crippen LogP contribution in [0.5, 0.6) is 5.88 Å². The first-order valence-corrected chi connectivity index (χ1v) is 9.13. The maximum Gasteiger partial charge on any atom is 0.224 e. The molecule has 1 saturated heterocycles. The van der Waals surface area contributed by atoms with E-state index in [1.165, 1.54) is 5.69 Å². The molecule has 3 heterocycles. The fraction of sp³-hybridized carbons (Fsp3) is 0.333. The zero-order valence-electron chi connectivity index (χ0n) is 14.0. The quantitative estimate of drug-likeness (QED) is 0.703. The fourth-order valence-electron chi connectivity index (χ4n) is 3.24. The number of halogens is 1. The summed E-state index contributed by atoms with van der Waals surface area (Å²) in [5.74, 6) is 1.30. The Hall–Kier alpha value is -2.12. The minimum absolute atomic E-state index is 0.327. The minimum atomic E-state index is 0.327. The first kappa shape index (κ1) is 16.4. The van der Waals surface area contributed by atoms with Gasteiger partial charge in [0.2, 0.25) is 5.88 Å². The lowest BCUT2D eigenvalue weighted by Gasteiger charge is -2.31. The van der Waals surface area contributed by atoms with E-state index < -0.39 is 0 Å². The Bertz CT molecular complexity index is 902. The summed E-state index contributed by atoms with van der Waals surface area (Å²) in [4.78, 5) is 14.8. The van der Waals surface area contributed by atoms with Crippen molar-refractivity contribution in [1.29, 1.82) is 0 Å². The second kappa shape index (κ2) is 6.65. The van der Waals surface area contributed by atoms with Crippen LogP contribution in [0.1, 0.15) is 12.8 Å². The molecule has 3 N–H and O–H groups in total. The van der Waals surface area contributed by atoms with Crippen molar-refractivity contribution in [1.82, 2.24) is 15.0 Å². The summed E-state index contributed by atoms with van der Waals surface area (Å²) >= 11 is 3.46. The molecular weight excluding hydrogens is 382 g/mol. The number of H-pyrrole nitrogens is 1. The summed E-state index contributed by atoms with van der Waals surface area (Å²) in [6.07, 6.45) is 3.78. The van der Waals surface area contributed by atoms with Crippen LogP contribution in [0.25, 0.3) is 22.4 Å². The normalized spacial score (nSPS) is 15.7. The Morgan fingerprint density at radius 1 is 1.28 bits per heavy atom. The average Bonchev–Trinajstić information content (AvgIpc) is 3.05. The number of ether oxygens (including phenoxy) is 1. The molecule has 130 valence electrons. The number of pyridine rings is 1. The van der Waals surface area contributed by atoms with Crippen molar-refractivity contribution in [3.63, 3.8) is 0 Å². The number of aromatic amines is 1. The number of methoxy groups -OCH3 is 1. The summed E-state index contributed by atoms with van der Waals surface area (Å²) in [7, 11) is 1.61. The number of anilines is 1. The highest BCUT2D eigenvalue weighted by Gasteiger charge is 2.18. The molecule has 3 aromatic rings. The van der Waals surface area contributed by atoms with Crippen molar-refractivity contribution in [3.8, 4) is 17.3 Å². The van der Waals surface area contributed by atoms with Crippen LogP contribution in [0.3, 0.4) is 0 Å². The highest BCUT2D eigenvalue weighted by molar-refractivity contribution is 9.10. The highest BCUT2D eigenvalue weighted by atomic mass is 79.9. The molecule has 0 aliphatic carbocycles. The molecule has 2 aromatic heterocycles. The van der Waals surface area contributed by atoms with E-state index in [2.05, 4.69) is 49.0 Å². The zero-order chi connectivity index (χ0) is 17.4. The SMILES string of the molecule is COc1ncc(Br)cc1-c1nc2cc(N3CCC(N)CC3)ccc2[nH]1. The molecular formula is C18H20BrN5O. The second-order valence-corrected chi connectivity index (χ2v) is 7.24. The molecule has 25 heavy (non-hydrogen) atoms. The number of aromatic nitrogens is 3. The summed E-state index contributed by atoms with van der Waals surface area (Å²) in [6.45, 7) is 1.99. The third-order valence-electron chi connectivity index (χ3n) is 4.64. The van der Waals surface area contributed by atoms with E-state index in [-0.39, 0.29) is 0 Å². The predicted molar refractivity (Wildman–Crippen MR) is 103 cm³/mol. The highest BCUT2D eigenvalue weighted by Crippen LogP contribution is 2.31. The van der Waals surface area contributed by atoms with Crippen LogP contribution in [0.2, 0.25) is 0 Å². The van der Waals surface area contributed by atoms with E-state index in [0.29, 0.717) is 11.9 Å². The zero-order valence-corrected chi connectivity index (χ0v) is 15.6. The maximum atomic E-state index is 6.01. The molecule has 1 aromatic carbocycles. The van der Waals surface area contributed by atoms with Gasteiger partial charge in [-0.25, -0.2) is 9.97 Å². The predicted octanol–water partition coefficient (Wildman–Crippen LogP) is 3.32. The molecule has 0 atom stereocenters. The van der Waals surface area contributed by atoms with Gasteiger partial charge in [-0.1, -0.05) is 0 Å². The van der Waals surface area contributed by atoms with Gasteiger partial charge in [0.1, 0.15) is 5.82 Å². The molecule has 1 aliphatic rings. The van der Waals surface area contributed by atoms with Crippen LogP contribution < -0.4 is 15.4 Å². The lowest BCUT2D eigenvalue weighted by molar-refractivity contribution is 0.399. The van der Waals surface area contributed by atoms with Crippen molar-refractivity contribution in [2.45, 2.75) is 18.9 Å².